The predicted molar refractivity (Wildman–Crippen MR) is 117 cm³/mol. The van der Waals surface area contributed by atoms with Crippen molar-refractivity contribution in [1.29, 1.82) is 0 Å². The van der Waals surface area contributed by atoms with Gasteiger partial charge in [-0.05, 0) is 36.9 Å². The van der Waals surface area contributed by atoms with Gasteiger partial charge in [0.1, 0.15) is 5.82 Å². The third kappa shape index (κ3) is 5.18. The Balaban J connectivity index is 0.00000225. The predicted octanol–water partition coefficient (Wildman–Crippen LogP) is 3.78. The molecule has 0 bridgehead atoms. The summed E-state index contributed by atoms with van der Waals surface area (Å²) in [6.45, 7) is 4.69. The van der Waals surface area contributed by atoms with Crippen LogP contribution in [0.25, 0.3) is 11.0 Å². The van der Waals surface area contributed by atoms with Crippen LogP contribution in [0.3, 0.4) is 0 Å². The molecule has 134 valence electrons. The second-order valence-corrected chi connectivity index (χ2v) is 6.62. The molecule has 0 radical (unpaired) electrons. The second-order valence-electron chi connectivity index (χ2n) is 5.58. The molecule has 3 rings (SSSR count). The molecule has 7 heteroatoms. The summed E-state index contributed by atoms with van der Waals surface area (Å²) in [5, 5.41) is 8.80. The molecule has 0 spiro atoms. The summed E-state index contributed by atoms with van der Waals surface area (Å²) in [7, 11) is 1.80. The van der Waals surface area contributed by atoms with Crippen molar-refractivity contribution >= 4 is 52.3 Å². The number of guanidine groups is 1. The van der Waals surface area contributed by atoms with Crippen LogP contribution in [0.5, 0.6) is 0 Å². The fourth-order valence-electron chi connectivity index (χ4n) is 2.73. The largest absolute Gasteiger partial charge is 0.356 e. The van der Waals surface area contributed by atoms with Crippen LogP contribution in [0.2, 0.25) is 0 Å². The Morgan fingerprint density at radius 3 is 2.80 bits per heavy atom. The van der Waals surface area contributed by atoms with Crippen LogP contribution >= 0.6 is 35.3 Å². The summed E-state index contributed by atoms with van der Waals surface area (Å²) >= 11 is 1.75. The first-order valence-corrected chi connectivity index (χ1v) is 9.04. The lowest BCUT2D eigenvalue weighted by atomic mass is 10.3. The number of hydrogen-bond donors (Lipinski definition) is 2. The minimum atomic E-state index is 0. The van der Waals surface area contributed by atoms with E-state index in [2.05, 4.69) is 67.8 Å². The number of nitrogens with one attached hydrogen (secondary N) is 2. The number of thiophene rings is 1. The first-order chi connectivity index (χ1) is 11.8. The quantitative estimate of drug-likeness (QED) is 0.250. The molecule has 3 aromatic rings. The molecule has 0 unspecified atom stereocenters. The monoisotopic (exact) mass is 469 g/mol. The van der Waals surface area contributed by atoms with Crippen molar-refractivity contribution in [3.63, 3.8) is 0 Å². The van der Waals surface area contributed by atoms with Gasteiger partial charge in [-0.2, -0.15) is 0 Å². The molecule has 2 N–H and O–H groups in total. The number of fused-ring (bicyclic) bond motifs is 1. The van der Waals surface area contributed by atoms with Crippen molar-refractivity contribution < 1.29 is 0 Å². The van der Waals surface area contributed by atoms with Gasteiger partial charge in [-0.3, -0.25) is 4.99 Å². The smallest absolute Gasteiger partial charge is 0.191 e. The Bertz CT molecular complexity index is 810. The molecular formula is C18H24IN5S. The molecule has 0 aliphatic heterocycles. The molecule has 2 aromatic heterocycles. The van der Waals surface area contributed by atoms with Gasteiger partial charge in [0.15, 0.2) is 5.96 Å². The fraction of sp³-hybridized carbons (Fsp3) is 0.333. The SMILES string of the molecule is CN=C(NCCCn1c(C)nc2ccccc21)NCc1cccs1.I. The van der Waals surface area contributed by atoms with E-state index in [1.807, 2.05) is 6.07 Å². The highest BCUT2D eigenvalue weighted by Crippen LogP contribution is 2.15. The van der Waals surface area contributed by atoms with Gasteiger partial charge in [0, 0.05) is 25.0 Å². The Morgan fingerprint density at radius 1 is 1.20 bits per heavy atom. The highest BCUT2D eigenvalue weighted by molar-refractivity contribution is 14.0. The highest BCUT2D eigenvalue weighted by Gasteiger charge is 2.06. The van der Waals surface area contributed by atoms with E-state index < -0.39 is 0 Å². The molecule has 1 aromatic carbocycles. The third-order valence-electron chi connectivity index (χ3n) is 3.93. The van der Waals surface area contributed by atoms with Crippen molar-refractivity contribution in [2.45, 2.75) is 26.4 Å². The average molecular weight is 469 g/mol. The number of nitrogens with zero attached hydrogens (tertiary/aromatic N) is 3. The highest BCUT2D eigenvalue weighted by atomic mass is 127. The zero-order valence-corrected chi connectivity index (χ0v) is 17.7. The first kappa shape index (κ1) is 19.7. The summed E-state index contributed by atoms with van der Waals surface area (Å²) < 4.78 is 2.28. The molecule has 0 aliphatic rings. The fourth-order valence-corrected chi connectivity index (χ4v) is 3.37. The minimum absolute atomic E-state index is 0. The zero-order valence-electron chi connectivity index (χ0n) is 14.5. The first-order valence-electron chi connectivity index (χ1n) is 8.16. The number of hydrogen-bond acceptors (Lipinski definition) is 3. The van der Waals surface area contributed by atoms with Gasteiger partial charge < -0.3 is 15.2 Å². The van der Waals surface area contributed by atoms with Gasteiger partial charge in [0.25, 0.3) is 0 Å². The maximum absolute atomic E-state index is 4.61. The van der Waals surface area contributed by atoms with Crippen molar-refractivity contribution in [1.82, 2.24) is 20.2 Å². The van der Waals surface area contributed by atoms with Crippen LogP contribution in [0.15, 0.2) is 46.8 Å². The van der Waals surface area contributed by atoms with Crippen molar-refractivity contribution in [2.75, 3.05) is 13.6 Å². The molecule has 0 aliphatic carbocycles. The summed E-state index contributed by atoms with van der Waals surface area (Å²) in [5.41, 5.74) is 2.27. The molecule has 25 heavy (non-hydrogen) atoms. The lowest BCUT2D eigenvalue weighted by molar-refractivity contribution is 0.624. The van der Waals surface area contributed by atoms with E-state index in [0.29, 0.717) is 0 Å². The topological polar surface area (TPSA) is 54.2 Å². The summed E-state index contributed by atoms with van der Waals surface area (Å²) in [4.78, 5) is 10.2. The van der Waals surface area contributed by atoms with E-state index in [0.717, 1.165) is 43.4 Å². The van der Waals surface area contributed by atoms with Crippen LogP contribution in [0, 0.1) is 6.92 Å². The summed E-state index contributed by atoms with van der Waals surface area (Å²) in [6.07, 6.45) is 1.01. The van der Waals surface area contributed by atoms with Crippen LogP contribution in [0.4, 0.5) is 0 Å². The number of aryl methyl sites for hydroxylation is 2. The van der Waals surface area contributed by atoms with Crippen LogP contribution in [-0.4, -0.2) is 29.1 Å². The van der Waals surface area contributed by atoms with Gasteiger partial charge in [-0.15, -0.1) is 35.3 Å². The standard InChI is InChI=1S/C18H23N5S.HI/c1-14-22-16-8-3-4-9-17(16)23(14)11-6-10-20-18(19-2)21-13-15-7-5-12-24-15;/h3-5,7-9,12H,6,10-11,13H2,1-2H3,(H2,19,20,21);1H. The second kappa shape index (κ2) is 9.76. The number of benzene rings is 1. The molecule has 2 heterocycles. The summed E-state index contributed by atoms with van der Waals surface area (Å²) in [6, 6.07) is 12.5. The Hall–Kier alpha value is -1.61. The van der Waals surface area contributed by atoms with Gasteiger partial charge in [0.2, 0.25) is 0 Å². The van der Waals surface area contributed by atoms with E-state index in [1.54, 1.807) is 18.4 Å². The van der Waals surface area contributed by atoms with E-state index in [9.17, 15) is 0 Å². The molecule has 0 saturated carbocycles. The van der Waals surface area contributed by atoms with E-state index in [4.69, 9.17) is 0 Å². The Kier molecular flexibility index (Phi) is 7.70. The molecule has 0 saturated heterocycles. The maximum atomic E-state index is 4.61. The normalized spacial score (nSPS) is 11.4. The molecular weight excluding hydrogens is 445 g/mol. The average Bonchev–Trinajstić information content (AvgIpc) is 3.22. The number of imidazole rings is 1. The Labute approximate surface area is 169 Å². The molecule has 0 amide bonds. The van der Waals surface area contributed by atoms with Gasteiger partial charge in [0.05, 0.1) is 17.6 Å². The van der Waals surface area contributed by atoms with E-state index >= 15 is 0 Å². The minimum Gasteiger partial charge on any atom is -0.356 e. The number of aliphatic imine (C=N–C) groups is 1. The van der Waals surface area contributed by atoms with Crippen molar-refractivity contribution in [3.8, 4) is 0 Å². The lowest BCUT2D eigenvalue weighted by Crippen LogP contribution is -2.37. The van der Waals surface area contributed by atoms with E-state index in [-0.39, 0.29) is 24.0 Å². The molecule has 0 atom stereocenters. The van der Waals surface area contributed by atoms with Crippen LogP contribution in [-0.2, 0) is 13.1 Å². The van der Waals surface area contributed by atoms with Gasteiger partial charge in [-0.25, -0.2) is 4.98 Å². The van der Waals surface area contributed by atoms with Crippen LogP contribution < -0.4 is 10.6 Å². The number of aromatic nitrogens is 2. The number of rotatable bonds is 6. The zero-order chi connectivity index (χ0) is 16.8. The third-order valence-corrected chi connectivity index (χ3v) is 4.81. The lowest BCUT2D eigenvalue weighted by Gasteiger charge is -2.12. The van der Waals surface area contributed by atoms with Crippen molar-refractivity contribution in [2.24, 2.45) is 4.99 Å². The van der Waals surface area contributed by atoms with Crippen LogP contribution in [0.1, 0.15) is 17.1 Å². The maximum Gasteiger partial charge on any atom is 0.191 e. The van der Waals surface area contributed by atoms with Gasteiger partial charge >= 0.3 is 0 Å². The number of para-hydroxylation sites is 2. The Morgan fingerprint density at radius 2 is 2.04 bits per heavy atom. The molecule has 5 nitrogen and oxygen atoms in total. The number of halogens is 1. The molecule has 0 fully saturated rings. The van der Waals surface area contributed by atoms with Crippen molar-refractivity contribution in [3.05, 3.63) is 52.5 Å². The van der Waals surface area contributed by atoms with Gasteiger partial charge in [-0.1, -0.05) is 18.2 Å². The summed E-state index contributed by atoms with van der Waals surface area (Å²) in [5.74, 6) is 1.91. The van der Waals surface area contributed by atoms with E-state index in [1.165, 1.54) is 10.4 Å².